The number of hydrogen-bond acceptors (Lipinski definition) is 19. The van der Waals surface area contributed by atoms with Crippen LogP contribution in [-0.4, -0.2) is 155 Å². The number of rotatable bonds is 9. The minimum absolute atomic E-state index is 0.102. The summed E-state index contributed by atoms with van der Waals surface area (Å²) in [4.78, 5) is 14.0. The number of benzene rings is 2. The Kier molecular flexibility index (Phi) is 10.5. The molecule has 3 aromatic rings. The summed E-state index contributed by atoms with van der Waals surface area (Å²) >= 11 is 0. The molecule has 51 heavy (non-hydrogen) atoms. The molecule has 19 nitrogen and oxygen atoms in total. The molecule has 4 heterocycles. The third-order valence-corrected chi connectivity index (χ3v) is 9.00. The molecular formula is C32H38O19. The number of aliphatic hydroxyl groups excluding tert-OH is 9. The van der Waals surface area contributed by atoms with Crippen LogP contribution in [0.5, 0.6) is 23.0 Å². The average molecular weight is 727 g/mol. The maximum Gasteiger partial charge on any atom is 0.239 e. The molecular weight excluding hydrogens is 688 g/mol. The van der Waals surface area contributed by atoms with Crippen LogP contribution in [-0.2, 0) is 14.2 Å². The number of phenols is 1. The van der Waals surface area contributed by atoms with E-state index >= 15 is 0 Å². The van der Waals surface area contributed by atoms with E-state index in [-0.39, 0.29) is 28.4 Å². The number of aliphatic hydroxyl groups is 10. The maximum atomic E-state index is 14.0. The predicted molar refractivity (Wildman–Crippen MR) is 165 cm³/mol. The first kappa shape index (κ1) is 37.1. The molecule has 1 aromatic heterocycles. The highest BCUT2D eigenvalue weighted by atomic mass is 16.7. The summed E-state index contributed by atoms with van der Waals surface area (Å²) in [5.41, 5.74) is -3.14. The summed E-state index contributed by atoms with van der Waals surface area (Å²) in [5, 5.41) is 112. The minimum Gasteiger partial charge on any atom is -0.507 e. The molecule has 0 aliphatic carbocycles. The lowest BCUT2D eigenvalue weighted by atomic mass is 9.99. The second-order valence-electron chi connectivity index (χ2n) is 12.5. The molecule has 11 N–H and O–H groups in total. The number of phenolic OH excluding ortho intramolecular Hbond substituents is 1. The van der Waals surface area contributed by atoms with E-state index in [0.29, 0.717) is 0 Å². The van der Waals surface area contributed by atoms with Crippen molar-refractivity contribution in [1.82, 2.24) is 0 Å². The molecule has 0 unspecified atom stereocenters. The van der Waals surface area contributed by atoms with Gasteiger partial charge in [-0.3, -0.25) is 4.79 Å². The van der Waals surface area contributed by atoms with E-state index in [2.05, 4.69) is 0 Å². The van der Waals surface area contributed by atoms with E-state index in [1.165, 1.54) is 31.2 Å². The number of fused-ring (bicyclic) bond motifs is 1. The zero-order chi connectivity index (χ0) is 36.9. The van der Waals surface area contributed by atoms with Gasteiger partial charge >= 0.3 is 0 Å². The van der Waals surface area contributed by atoms with Gasteiger partial charge in [-0.05, 0) is 31.2 Å². The summed E-state index contributed by atoms with van der Waals surface area (Å²) in [6.45, 7) is -0.547. The van der Waals surface area contributed by atoms with Gasteiger partial charge in [-0.25, -0.2) is 0 Å². The monoisotopic (exact) mass is 726 g/mol. The highest BCUT2D eigenvalue weighted by Crippen LogP contribution is 2.39. The first-order chi connectivity index (χ1) is 24.2. The van der Waals surface area contributed by atoms with Crippen molar-refractivity contribution in [1.29, 1.82) is 0 Å². The van der Waals surface area contributed by atoms with E-state index in [1.807, 2.05) is 0 Å². The largest absolute Gasteiger partial charge is 0.507 e. The zero-order valence-corrected chi connectivity index (χ0v) is 26.7. The molecule has 3 aliphatic rings. The lowest BCUT2D eigenvalue weighted by molar-refractivity contribution is -0.277. The molecule has 0 spiro atoms. The molecule has 13 atom stereocenters. The predicted octanol–water partition coefficient (Wildman–Crippen LogP) is -3.63. The third kappa shape index (κ3) is 6.84. The van der Waals surface area contributed by atoms with Gasteiger partial charge in [0.15, 0.2) is 5.76 Å². The second kappa shape index (κ2) is 14.4. The van der Waals surface area contributed by atoms with Crippen molar-refractivity contribution in [3.8, 4) is 34.3 Å². The van der Waals surface area contributed by atoms with Gasteiger partial charge in [-0.15, -0.1) is 0 Å². The van der Waals surface area contributed by atoms with Crippen molar-refractivity contribution < 1.29 is 89.0 Å². The Morgan fingerprint density at radius 1 is 0.784 bits per heavy atom. The van der Waals surface area contributed by atoms with E-state index in [9.17, 15) is 61.0 Å². The molecule has 6 rings (SSSR count). The highest BCUT2D eigenvalue weighted by molar-refractivity contribution is 5.88. The lowest BCUT2D eigenvalue weighted by Crippen LogP contribution is -2.60. The van der Waals surface area contributed by atoms with Crippen LogP contribution in [0.25, 0.3) is 22.3 Å². The average Bonchev–Trinajstić information content (AvgIpc) is 3.39. The van der Waals surface area contributed by atoms with Crippen LogP contribution in [0.3, 0.4) is 0 Å². The Hall–Kier alpha value is -3.67. The van der Waals surface area contributed by atoms with Crippen LogP contribution in [0.2, 0.25) is 0 Å². The highest BCUT2D eigenvalue weighted by Gasteiger charge is 2.49. The van der Waals surface area contributed by atoms with Gasteiger partial charge in [0.05, 0.1) is 25.9 Å². The van der Waals surface area contributed by atoms with Gasteiger partial charge in [0.2, 0.25) is 30.0 Å². The maximum absolute atomic E-state index is 14.0. The van der Waals surface area contributed by atoms with Crippen molar-refractivity contribution in [2.75, 3.05) is 19.8 Å². The SMILES string of the molecule is C[C@@H]1O[C@@H](Oc2cc(O)c3c(=O)c(O[C@@H]4O[C@H](CO)[C@@H](O)[C@H](O)[C@H]4O)c(-c4ccc(O[C@@H]5OC[C@](O)(CO)[C@H]5O)cc4)oc3c2)[C@H](O)[C@H](O)[C@H]1O. The van der Waals surface area contributed by atoms with Gasteiger partial charge in [-0.1, -0.05) is 0 Å². The summed E-state index contributed by atoms with van der Waals surface area (Å²) < 4.78 is 39.2. The summed E-state index contributed by atoms with van der Waals surface area (Å²) in [5.74, 6) is -1.78. The molecule has 0 radical (unpaired) electrons. The molecule has 2 aromatic carbocycles. The van der Waals surface area contributed by atoms with E-state index in [4.69, 9.17) is 32.8 Å². The van der Waals surface area contributed by atoms with Gasteiger partial charge < -0.3 is 89.0 Å². The first-order valence-electron chi connectivity index (χ1n) is 15.7. The fourth-order valence-corrected chi connectivity index (χ4v) is 5.86. The van der Waals surface area contributed by atoms with Crippen LogP contribution >= 0.6 is 0 Å². The molecule has 19 heteroatoms. The molecule has 280 valence electrons. The molecule has 3 fully saturated rings. The van der Waals surface area contributed by atoms with Crippen LogP contribution < -0.4 is 19.6 Å². The second-order valence-corrected chi connectivity index (χ2v) is 12.5. The standard InChI is InChI=1S/C32H38O19/c1-11-19(36)22(39)24(41)29(46-11)48-14-6-15(35)18-16(7-14)49-26(27(21(18)38)51-30-25(42)23(40)20(37)17(8-33)50-30)12-2-4-13(5-3-12)47-31-28(43)32(44,9-34)10-45-31/h2-7,11,17,19-20,22-25,28-31,33-37,39-44H,8-10H2,1H3/t11-,17+,19-,20+,22+,23-,24+,25+,28-,29-,30-,31-,32+/m0/s1. The van der Waals surface area contributed by atoms with Crippen molar-refractivity contribution in [3.63, 3.8) is 0 Å². The van der Waals surface area contributed by atoms with Crippen molar-refractivity contribution in [2.45, 2.75) is 86.3 Å². The number of aromatic hydroxyl groups is 1. The molecule has 0 saturated carbocycles. The Morgan fingerprint density at radius 2 is 1.41 bits per heavy atom. The zero-order valence-electron chi connectivity index (χ0n) is 26.7. The lowest BCUT2D eigenvalue weighted by Gasteiger charge is -2.39. The van der Waals surface area contributed by atoms with Crippen molar-refractivity contribution >= 4 is 11.0 Å². The summed E-state index contributed by atoms with van der Waals surface area (Å²) in [6, 6.07) is 7.62. The van der Waals surface area contributed by atoms with Gasteiger partial charge in [0, 0.05) is 17.7 Å². The number of ether oxygens (including phenoxy) is 6. The topological polar surface area (TPSA) is 308 Å². The fourth-order valence-electron chi connectivity index (χ4n) is 5.86. The van der Waals surface area contributed by atoms with Crippen LogP contribution in [0.1, 0.15) is 6.92 Å². The molecule has 0 bridgehead atoms. The minimum atomic E-state index is -1.94. The number of hydrogen-bond donors (Lipinski definition) is 11. The van der Waals surface area contributed by atoms with Gasteiger partial charge in [-0.2, -0.15) is 0 Å². The van der Waals surface area contributed by atoms with Crippen LogP contribution in [0.4, 0.5) is 0 Å². The summed E-state index contributed by atoms with van der Waals surface area (Å²) in [6.07, 6.45) is -18.9. The Balaban J connectivity index is 1.38. The Bertz CT molecular complexity index is 1750. The molecule has 3 aliphatic heterocycles. The van der Waals surface area contributed by atoms with E-state index in [0.717, 1.165) is 12.1 Å². The quantitative estimate of drug-likeness (QED) is 0.101. The first-order valence-corrected chi connectivity index (χ1v) is 15.7. The third-order valence-electron chi connectivity index (χ3n) is 9.00. The Labute approximate surface area is 287 Å². The van der Waals surface area contributed by atoms with Crippen LogP contribution in [0.15, 0.2) is 45.6 Å². The molecule has 3 saturated heterocycles. The van der Waals surface area contributed by atoms with E-state index < -0.39 is 122 Å². The smallest absolute Gasteiger partial charge is 0.239 e. The van der Waals surface area contributed by atoms with Crippen LogP contribution in [0, 0.1) is 0 Å². The fraction of sp³-hybridized carbons (Fsp3) is 0.531. The van der Waals surface area contributed by atoms with E-state index in [1.54, 1.807) is 0 Å². The van der Waals surface area contributed by atoms with Gasteiger partial charge in [0.1, 0.15) is 82.7 Å². The van der Waals surface area contributed by atoms with Gasteiger partial charge in [0.25, 0.3) is 0 Å². The summed E-state index contributed by atoms with van der Waals surface area (Å²) in [7, 11) is 0. The Morgan fingerprint density at radius 3 is 2.04 bits per heavy atom. The van der Waals surface area contributed by atoms with Crippen molar-refractivity contribution in [2.24, 2.45) is 0 Å². The molecule has 0 amide bonds. The normalized spacial score (nSPS) is 37.0. The van der Waals surface area contributed by atoms with Crippen molar-refractivity contribution in [3.05, 3.63) is 46.6 Å².